The molecule has 2 saturated heterocycles. The lowest BCUT2D eigenvalue weighted by molar-refractivity contribution is -0.107. The van der Waals surface area contributed by atoms with Crippen molar-refractivity contribution in [3.63, 3.8) is 0 Å². The smallest absolute Gasteiger partial charge is 0.323 e. The zero-order chi connectivity index (χ0) is 21.8. The number of nitrogens with zero attached hydrogens (tertiary/aromatic N) is 5. The Morgan fingerprint density at radius 3 is 2.74 bits per heavy atom. The third kappa shape index (κ3) is 3.53. The molecular formula is C20H18F4N6O. The van der Waals surface area contributed by atoms with E-state index in [9.17, 15) is 22.4 Å². The molecule has 3 aromatic rings. The molecule has 11 heteroatoms. The predicted molar refractivity (Wildman–Crippen MR) is 104 cm³/mol. The molecule has 162 valence electrons. The highest BCUT2D eigenvalue weighted by Crippen LogP contribution is 2.37. The molecule has 0 spiro atoms. The highest BCUT2D eigenvalue weighted by Gasteiger charge is 2.46. The maximum Gasteiger partial charge on any atom is 0.323 e. The van der Waals surface area contributed by atoms with E-state index in [1.165, 1.54) is 16.8 Å². The Bertz CT molecular complexity index is 1160. The average Bonchev–Trinajstić information content (AvgIpc) is 3.35. The van der Waals surface area contributed by atoms with E-state index in [-0.39, 0.29) is 17.4 Å². The van der Waals surface area contributed by atoms with Crippen LogP contribution in [0.1, 0.15) is 24.4 Å². The second kappa shape index (κ2) is 7.10. The number of urea groups is 1. The lowest BCUT2D eigenvalue weighted by atomic mass is 10.0. The van der Waals surface area contributed by atoms with Crippen LogP contribution in [-0.2, 0) is 0 Å². The van der Waals surface area contributed by atoms with Crippen LogP contribution in [-0.4, -0.2) is 51.1 Å². The molecule has 1 unspecified atom stereocenters. The van der Waals surface area contributed by atoms with Gasteiger partial charge in [-0.05, 0) is 43.2 Å². The van der Waals surface area contributed by atoms with Gasteiger partial charge in [-0.25, -0.2) is 27.3 Å². The van der Waals surface area contributed by atoms with Crippen molar-refractivity contribution >= 4 is 23.3 Å². The molecule has 0 aliphatic carbocycles. The van der Waals surface area contributed by atoms with Crippen molar-refractivity contribution in [2.45, 2.75) is 24.8 Å². The lowest BCUT2D eigenvalue weighted by Crippen LogP contribution is -2.59. The first kappa shape index (κ1) is 19.6. The molecule has 0 saturated carbocycles. The Morgan fingerprint density at radius 1 is 1.16 bits per heavy atom. The van der Waals surface area contributed by atoms with E-state index in [2.05, 4.69) is 15.4 Å². The Hall–Kier alpha value is -3.37. The van der Waals surface area contributed by atoms with Gasteiger partial charge in [0.2, 0.25) is 0 Å². The van der Waals surface area contributed by atoms with Crippen molar-refractivity contribution < 1.29 is 22.4 Å². The number of anilines is 2. The van der Waals surface area contributed by atoms with Gasteiger partial charge in [0.25, 0.3) is 5.92 Å². The van der Waals surface area contributed by atoms with Crippen molar-refractivity contribution in [2.24, 2.45) is 0 Å². The van der Waals surface area contributed by atoms with Crippen molar-refractivity contribution in [2.75, 3.05) is 29.9 Å². The number of rotatable bonds is 3. The van der Waals surface area contributed by atoms with Gasteiger partial charge in [0.05, 0.1) is 25.3 Å². The van der Waals surface area contributed by atoms with Crippen molar-refractivity contribution in [3.05, 3.63) is 53.7 Å². The number of carbonyl (C=O) groups excluding carboxylic acids is 1. The molecule has 2 aliphatic heterocycles. The highest BCUT2D eigenvalue weighted by atomic mass is 19.3. The molecule has 0 bridgehead atoms. The largest absolute Gasteiger partial charge is 0.348 e. The van der Waals surface area contributed by atoms with Gasteiger partial charge in [-0.15, -0.1) is 5.10 Å². The first-order valence-electron chi connectivity index (χ1n) is 9.81. The van der Waals surface area contributed by atoms with Crippen molar-refractivity contribution in [1.29, 1.82) is 0 Å². The van der Waals surface area contributed by atoms with E-state index in [1.54, 1.807) is 12.1 Å². The van der Waals surface area contributed by atoms with Gasteiger partial charge in [0, 0.05) is 12.1 Å². The van der Waals surface area contributed by atoms with Crippen LogP contribution in [0, 0.1) is 11.6 Å². The van der Waals surface area contributed by atoms with Crippen LogP contribution in [0.5, 0.6) is 0 Å². The molecule has 1 aromatic carbocycles. The van der Waals surface area contributed by atoms with Gasteiger partial charge in [-0.2, -0.15) is 4.52 Å². The standard InChI is InChI=1S/C20H18F4N6O/c21-12-3-4-14(22)13(8-12)15-2-1-7-29(15)17-6-5-16-25-9-18(30(16)27-17)26-19(31)28-10-20(23,24)11-28/h3-6,8-9,15H,1-2,7,10-11H2,(H,26,31). The van der Waals surface area contributed by atoms with Gasteiger partial charge in [0.1, 0.15) is 17.5 Å². The maximum atomic E-state index is 14.4. The summed E-state index contributed by atoms with van der Waals surface area (Å²) in [5, 5.41) is 7.06. The Morgan fingerprint density at radius 2 is 1.97 bits per heavy atom. The molecule has 4 heterocycles. The highest BCUT2D eigenvalue weighted by molar-refractivity contribution is 5.89. The van der Waals surface area contributed by atoms with E-state index >= 15 is 0 Å². The third-order valence-corrected chi connectivity index (χ3v) is 5.58. The fourth-order valence-electron chi connectivity index (χ4n) is 4.08. The van der Waals surface area contributed by atoms with Crippen LogP contribution < -0.4 is 10.2 Å². The van der Waals surface area contributed by atoms with Gasteiger partial charge >= 0.3 is 6.03 Å². The number of alkyl halides is 2. The van der Waals surface area contributed by atoms with Crippen LogP contribution in [0.2, 0.25) is 0 Å². The third-order valence-electron chi connectivity index (χ3n) is 5.58. The molecule has 2 amide bonds. The van der Waals surface area contributed by atoms with Gasteiger partial charge < -0.3 is 9.80 Å². The zero-order valence-corrected chi connectivity index (χ0v) is 16.2. The van der Waals surface area contributed by atoms with Gasteiger partial charge in [-0.3, -0.25) is 5.32 Å². The van der Waals surface area contributed by atoms with Crippen LogP contribution in [0.25, 0.3) is 5.65 Å². The first-order chi connectivity index (χ1) is 14.8. The summed E-state index contributed by atoms with van der Waals surface area (Å²) in [6.07, 6.45) is 2.80. The number of hydrogen-bond donors (Lipinski definition) is 1. The number of aromatic nitrogens is 3. The molecule has 2 fully saturated rings. The molecule has 31 heavy (non-hydrogen) atoms. The molecular weight excluding hydrogens is 416 g/mol. The lowest BCUT2D eigenvalue weighted by Gasteiger charge is -2.38. The number of amides is 2. The summed E-state index contributed by atoms with van der Waals surface area (Å²) < 4.78 is 55.5. The summed E-state index contributed by atoms with van der Waals surface area (Å²) in [6, 6.07) is 5.75. The number of fused-ring (bicyclic) bond motifs is 1. The summed E-state index contributed by atoms with van der Waals surface area (Å²) in [5.74, 6) is -3.13. The second-order valence-electron chi connectivity index (χ2n) is 7.76. The minimum atomic E-state index is -2.86. The van der Waals surface area contributed by atoms with Crippen LogP contribution in [0.15, 0.2) is 36.5 Å². The summed E-state index contributed by atoms with van der Waals surface area (Å²) in [5.41, 5.74) is 0.706. The summed E-state index contributed by atoms with van der Waals surface area (Å²) in [7, 11) is 0. The minimum absolute atomic E-state index is 0.227. The number of likely N-dealkylation sites (tertiary alicyclic amines) is 1. The molecule has 2 aromatic heterocycles. The maximum absolute atomic E-state index is 14.4. The van der Waals surface area contributed by atoms with Gasteiger partial charge in [0.15, 0.2) is 11.5 Å². The van der Waals surface area contributed by atoms with E-state index < -0.39 is 36.7 Å². The second-order valence-corrected chi connectivity index (χ2v) is 7.76. The zero-order valence-electron chi connectivity index (χ0n) is 16.2. The molecule has 5 rings (SSSR count). The molecule has 1 N–H and O–H groups in total. The monoisotopic (exact) mass is 434 g/mol. The topological polar surface area (TPSA) is 65.8 Å². The van der Waals surface area contributed by atoms with E-state index in [1.807, 2.05) is 4.90 Å². The van der Waals surface area contributed by atoms with E-state index in [0.29, 0.717) is 24.4 Å². The summed E-state index contributed by atoms with van der Waals surface area (Å²) in [4.78, 5) is 19.2. The minimum Gasteiger partial charge on any atom is -0.348 e. The predicted octanol–water partition coefficient (Wildman–Crippen LogP) is 3.83. The van der Waals surface area contributed by atoms with Crippen molar-refractivity contribution in [1.82, 2.24) is 19.5 Å². The Balaban J connectivity index is 1.42. The van der Waals surface area contributed by atoms with E-state index in [4.69, 9.17) is 0 Å². The van der Waals surface area contributed by atoms with Gasteiger partial charge in [-0.1, -0.05) is 0 Å². The average molecular weight is 434 g/mol. The van der Waals surface area contributed by atoms with Crippen LogP contribution in [0.4, 0.5) is 34.0 Å². The number of imidazole rings is 1. The Kier molecular flexibility index (Phi) is 4.49. The molecule has 7 nitrogen and oxygen atoms in total. The molecule has 1 atom stereocenters. The number of carbonyl (C=O) groups is 1. The molecule has 2 aliphatic rings. The number of benzene rings is 1. The van der Waals surface area contributed by atoms with Crippen LogP contribution in [0.3, 0.4) is 0 Å². The fourth-order valence-corrected chi connectivity index (χ4v) is 4.08. The normalized spacial score (nSPS) is 20.2. The first-order valence-corrected chi connectivity index (χ1v) is 9.81. The number of nitrogens with one attached hydrogen (secondary N) is 1. The fraction of sp³-hybridized carbons (Fsp3) is 0.350. The summed E-state index contributed by atoms with van der Waals surface area (Å²) in [6.45, 7) is -0.676. The van der Waals surface area contributed by atoms with Crippen molar-refractivity contribution in [3.8, 4) is 0 Å². The van der Waals surface area contributed by atoms with E-state index in [0.717, 1.165) is 23.5 Å². The molecule has 0 radical (unpaired) electrons. The van der Waals surface area contributed by atoms with Crippen LogP contribution >= 0.6 is 0 Å². The summed E-state index contributed by atoms with van der Waals surface area (Å²) >= 11 is 0. The number of hydrogen-bond acceptors (Lipinski definition) is 4. The Labute approximate surface area is 174 Å². The SMILES string of the molecule is O=C(Nc1cnc2ccc(N3CCCC3c3cc(F)ccc3F)nn12)N1CC(F)(F)C1. The quantitative estimate of drug-likeness (QED) is 0.637. The number of halogens is 4.